The minimum absolute atomic E-state index is 0.216. The van der Waals surface area contributed by atoms with Gasteiger partial charge < -0.3 is 9.88 Å². The van der Waals surface area contributed by atoms with Crippen LogP contribution in [0.25, 0.3) is 10.9 Å². The third-order valence-electron chi connectivity index (χ3n) is 3.23. The van der Waals surface area contributed by atoms with Gasteiger partial charge in [0.15, 0.2) is 0 Å². The first kappa shape index (κ1) is 13.2. The van der Waals surface area contributed by atoms with Gasteiger partial charge in [-0.1, -0.05) is 18.2 Å². The van der Waals surface area contributed by atoms with E-state index in [1.807, 2.05) is 0 Å². The van der Waals surface area contributed by atoms with Crippen molar-refractivity contribution in [1.82, 2.24) is 9.88 Å². The summed E-state index contributed by atoms with van der Waals surface area (Å²) >= 11 is 0. The van der Waals surface area contributed by atoms with E-state index in [-0.39, 0.29) is 5.54 Å². The van der Waals surface area contributed by atoms with Crippen LogP contribution in [0.3, 0.4) is 0 Å². The average Bonchev–Trinajstić information content (AvgIpc) is 2.59. The first-order valence-electron chi connectivity index (χ1n) is 6.77. The molecule has 0 fully saturated rings. The number of hydrogen-bond acceptors (Lipinski definition) is 1. The van der Waals surface area contributed by atoms with Crippen LogP contribution >= 0.6 is 0 Å². The molecule has 0 saturated carbocycles. The first-order valence-corrected chi connectivity index (χ1v) is 6.77. The molecular weight excluding hydrogens is 220 g/mol. The van der Waals surface area contributed by atoms with Crippen molar-refractivity contribution in [2.24, 2.45) is 0 Å². The predicted molar refractivity (Wildman–Crippen MR) is 79.0 cm³/mol. The SMILES string of the molecule is Cc1cc2ccccc2n1CCCNC(C)(C)C. The Balaban J connectivity index is 2.01. The third-order valence-corrected chi connectivity index (χ3v) is 3.23. The zero-order valence-electron chi connectivity index (χ0n) is 12.0. The molecule has 18 heavy (non-hydrogen) atoms. The molecule has 1 N–H and O–H groups in total. The number of fused-ring (bicyclic) bond motifs is 1. The van der Waals surface area contributed by atoms with Gasteiger partial charge in [-0.05, 0) is 58.2 Å². The maximum absolute atomic E-state index is 3.54. The van der Waals surface area contributed by atoms with Crippen molar-refractivity contribution in [3.8, 4) is 0 Å². The number of aromatic nitrogens is 1. The Kier molecular flexibility index (Phi) is 3.76. The van der Waals surface area contributed by atoms with Gasteiger partial charge in [-0.25, -0.2) is 0 Å². The lowest BCUT2D eigenvalue weighted by Crippen LogP contribution is -2.36. The zero-order chi connectivity index (χ0) is 13.2. The van der Waals surface area contributed by atoms with Crippen LogP contribution in [0.15, 0.2) is 30.3 Å². The summed E-state index contributed by atoms with van der Waals surface area (Å²) in [6.07, 6.45) is 1.16. The van der Waals surface area contributed by atoms with Crippen molar-refractivity contribution in [2.45, 2.75) is 46.2 Å². The molecule has 0 radical (unpaired) electrons. The fourth-order valence-electron chi connectivity index (χ4n) is 2.35. The second kappa shape index (κ2) is 5.15. The molecule has 0 saturated heterocycles. The average molecular weight is 244 g/mol. The summed E-state index contributed by atoms with van der Waals surface area (Å²) in [6.45, 7) is 11.0. The van der Waals surface area contributed by atoms with Crippen molar-refractivity contribution in [3.05, 3.63) is 36.0 Å². The van der Waals surface area contributed by atoms with E-state index in [1.54, 1.807) is 0 Å². The molecule has 0 aliphatic heterocycles. The summed E-state index contributed by atoms with van der Waals surface area (Å²) in [5.41, 5.74) is 2.92. The number of benzene rings is 1. The van der Waals surface area contributed by atoms with E-state index in [9.17, 15) is 0 Å². The van der Waals surface area contributed by atoms with Crippen LogP contribution in [0.5, 0.6) is 0 Å². The molecule has 0 unspecified atom stereocenters. The highest BCUT2D eigenvalue weighted by Gasteiger charge is 2.08. The highest BCUT2D eigenvalue weighted by atomic mass is 15.0. The summed E-state index contributed by atoms with van der Waals surface area (Å²) in [6, 6.07) is 10.9. The molecular formula is C16H24N2. The Hall–Kier alpha value is -1.28. The van der Waals surface area contributed by atoms with Gasteiger partial charge in [-0.2, -0.15) is 0 Å². The monoisotopic (exact) mass is 244 g/mol. The minimum Gasteiger partial charge on any atom is -0.345 e. The van der Waals surface area contributed by atoms with Crippen LogP contribution in [0.1, 0.15) is 32.9 Å². The number of aryl methyl sites for hydroxylation is 2. The lowest BCUT2D eigenvalue weighted by molar-refractivity contribution is 0.414. The maximum Gasteiger partial charge on any atom is 0.0482 e. The molecule has 0 aliphatic carbocycles. The fourth-order valence-corrected chi connectivity index (χ4v) is 2.35. The fraction of sp³-hybridized carbons (Fsp3) is 0.500. The van der Waals surface area contributed by atoms with Crippen LogP contribution in [0, 0.1) is 6.92 Å². The van der Waals surface area contributed by atoms with Gasteiger partial charge in [0.1, 0.15) is 0 Å². The molecule has 2 heteroatoms. The third kappa shape index (κ3) is 3.14. The molecule has 0 atom stereocenters. The highest BCUT2D eigenvalue weighted by Crippen LogP contribution is 2.19. The molecule has 2 nitrogen and oxygen atoms in total. The Morgan fingerprint density at radius 2 is 1.89 bits per heavy atom. The van der Waals surface area contributed by atoms with Gasteiger partial charge in [0.25, 0.3) is 0 Å². The van der Waals surface area contributed by atoms with Gasteiger partial charge in [0.2, 0.25) is 0 Å². The summed E-state index contributed by atoms with van der Waals surface area (Å²) in [5, 5.41) is 4.88. The number of nitrogens with one attached hydrogen (secondary N) is 1. The summed E-state index contributed by atoms with van der Waals surface area (Å²) in [4.78, 5) is 0. The normalized spacial score (nSPS) is 12.2. The molecule has 0 aliphatic rings. The highest BCUT2D eigenvalue weighted by molar-refractivity contribution is 5.81. The van der Waals surface area contributed by atoms with Gasteiger partial charge >= 0.3 is 0 Å². The molecule has 2 aromatic rings. The van der Waals surface area contributed by atoms with Gasteiger partial charge in [0, 0.05) is 23.3 Å². The summed E-state index contributed by atoms with van der Waals surface area (Å²) < 4.78 is 2.42. The molecule has 1 heterocycles. The van der Waals surface area contributed by atoms with Gasteiger partial charge in [0.05, 0.1) is 0 Å². The van der Waals surface area contributed by atoms with Crippen molar-refractivity contribution in [1.29, 1.82) is 0 Å². The van der Waals surface area contributed by atoms with E-state index in [4.69, 9.17) is 0 Å². The van der Waals surface area contributed by atoms with Crippen LogP contribution in [0.2, 0.25) is 0 Å². The van der Waals surface area contributed by atoms with Crippen LogP contribution in [-0.2, 0) is 6.54 Å². The van der Waals surface area contributed by atoms with E-state index in [2.05, 4.69) is 67.9 Å². The number of rotatable bonds is 4. The molecule has 2 rings (SSSR count). The van der Waals surface area contributed by atoms with E-state index in [0.717, 1.165) is 19.5 Å². The molecule has 1 aromatic heterocycles. The molecule has 1 aromatic carbocycles. The summed E-state index contributed by atoms with van der Waals surface area (Å²) in [5.74, 6) is 0. The number of para-hydroxylation sites is 1. The molecule has 0 spiro atoms. The molecule has 0 amide bonds. The van der Waals surface area contributed by atoms with Gasteiger partial charge in [-0.3, -0.25) is 0 Å². The van der Waals surface area contributed by atoms with Crippen LogP contribution in [0.4, 0.5) is 0 Å². The second-order valence-corrected chi connectivity index (χ2v) is 6.03. The van der Waals surface area contributed by atoms with E-state index < -0.39 is 0 Å². The van der Waals surface area contributed by atoms with Crippen molar-refractivity contribution in [3.63, 3.8) is 0 Å². The molecule has 98 valence electrons. The first-order chi connectivity index (χ1) is 8.47. The zero-order valence-corrected chi connectivity index (χ0v) is 12.0. The lowest BCUT2D eigenvalue weighted by Gasteiger charge is -2.20. The van der Waals surface area contributed by atoms with Crippen molar-refractivity contribution >= 4 is 10.9 Å². The standard InChI is InChI=1S/C16H24N2/c1-13-12-14-8-5-6-9-15(14)18(13)11-7-10-17-16(2,3)4/h5-6,8-9,12,17H,7,10-11H2,1-4H3. The minimum atomic E-state index is 0.216. The van der Waals surface area contributed by atoms with Crippen molar-refractivity contribution < 1.29 is 0 Å². The largest absolute Gasteiger partial charge is 0.345 e. The van der Waals surface area contributed by atoms with E-state index in [1.165, 1.54) is 16.6 Å². The number of nitrogens with zero attached hydrogens (tertiary/aromatic N) is 1. The second-order valence-electron chi connectivity index (χ2n) is 6.03. The summed E-state index contributed by atoms with van der Waals surface area (Å²) in [7, 11) is 0. The van der Waals surface area contributed by atoms with Crippen LogP contribution in [-0.4, -0.2) is 16.7 Å². The van der Waals surface area contributed by atoms with E-state index in [0.29, 0.717) is 0 Å². The van der Waals surface area contributed by atoms with Crippen LogP contribution < -0.4 is 5.32 Å². The topological polar surface area (TPSA) is 17.0 Å². The predicted octanol–water partition coefficient (Wildman–Crippen LogP) is 3.73. The van der Waals surface area contributed by atoms with Gasteiger partial charge in [-0.15, -0.1) is 0 Å². The lowest BCUT2D eigenvalue weighted by atomic mass is 10.1. The Labute approximate surface area is 110 Å². The molecule has 0 bridgehead atoms. The maximum atomic E-state index is 3.54. The van der Waals surface area contributed by atoms with Crippen molar-refractivity contribution in [2.75, 3.05) is 6.54 Å². The smallest absolute Gasteiger partial charge is 0.0482 e. The van der Waals surface area contributed by atoms with E-state index >= 15 is 0 Å². The Morgan fingerprint density at radius 1 is 1.17 bits per heavy atom. The Bertz CT molecular complexity index is 517. The number of hydrogen-bond donors (Lipinski definition) is 1. The Morgan fingerprint density at radius 3 is 2.61 bits per heavy atom. The quantitative estimate of drug-likeness (QED) is 0.811.